The maximum atomic E-state index is 12.4. The number of benzene rings is 1. The summed E-state index contributed by atoms with van der Waals surface area (Å²) in [6.07, 6.45) is 3.01. The summed E-state index contributed by atoms with van der Waals surface area (Å²) < 4.78 is 27.6. The molecule has 20 heavy (non-hydrogen) atoms. The highest BCUT2D eigenvalue weighted by Crippen LogP contribution is 2.36. The minimum absolute atomic E-state index is 0.0379. The van der Waals surface area contributed by atoms with E-state index in [2.05, 4.69) is 11.6 Å². The number of hydrogen-bond donors (Lipinski definition) is 2. The van der Waals surface area contributed by atoms with Crippen LogP contribution in [0.25, 0.3) is 0 Å². The molecule has 2 rings (SSSR count). The van der Waals surface area contributed by atoms with Crippen LogP contribution < -0.4 is 4.72 Å². The topological polar surface area (TPSA) is 66.4 Å². The van der Waals surface area contributed by atoms with E-state index in [9.17, 15) is 13.5 Å². The van der Waals surface area contributed by atoms with Gasteiger partial charge in [0.2, 0.25) is 10.0 Å². The summed E-state index contributed by atoms with van der Waals surface area (Å²) in [7, 11) is -3.58. The second kappa shape index (κ2) is 6.02. The highest BCUT2D eigenvalue weighted by molar-refractivity contribution is 7.89. The summed E-state index contributed by atoms with van der Waals surface area (Å²) in [6.45, 7) is 3.56. The maximum Gasteiger partial charge on any atom is 0.241 e. The Morgan fingerprint density at radius 1 is 1.45 bits per heavy atom. The molecule has 0 aliphatic heterocycles. The largest absolute Gasteiger partial charge is 0.392 e. The summed E-state index contributed by atoms with van der Waals surface area (Å²) in [5, 5.41) is 9.59. The zero-order valence-electron chi connectivity index (χ0n) is 11.7. The van der Waals surface area contributed by atoms with Crippen molar-refractivity contribution >= 4 is 21.6 Å². The zero-order valence-corrected chi connectivity index (χ0v) is 13.3. The van der Waals surface area contributed by atoms with E-state index >= 15 is 0 Å². The molecule has 2 unspecified atom stereocenters. The van der Waals surface area contributed by atoms with E-state index in [0.29, 0.717) is 22.1 Å². The Morgan fingerprint density at radius 3 is 2.75 bits per heavy atom. The molecular weight excluding hydrogens is 298 g/mol. The maximum absolute atomic E-state index is 12.4. The normalized spacial score (nSPS) is 22.0. The Morgan fingerprint density at radius 2 is 2.15 bits per heavy atom. The van der Waals surface area contributed by atoms with E-state index in [0.717, 1.165) is 19.3 Å². The van der Waals surface area contributed by atoms with Crippen LogP contribution in [-0.4, -0.2) is 19.6 Å². The first-order valence-corrected chi connectivity index (χ1v) is 8.67. The molecule has 1 fully saturated rings. The summed E-state index contributed by atoms with van der Waals surface area (Å²) in [5.74, 6) is 0.451. The molecule has 0 bridgehead atoms. The first-order valence-electron chi connectivity index (χ1n) is 6.81. The van der Waals surface area contributed by atoms with Crippen LogP contribution in [0, 0.1) is 12.8 Å². The molecule has 1 aromatic rings. The van der Waals surface area contributed by atoms with Gasteiger partial charge >= 0.3 is 0 Å². The summed E-state index contributed by atoms with van der Waals surface area (Å²) >= 11 is 5.93. The fourth-order valence-corrected chi connectivity index (χ4v) is 4.43. The molecule has 0 aromatic heterocycles. The molecule has 6 heteroatoms. The van der Waals surface area contributed by atoms with Crippen LogP contribution in [0.1, 0.15) is 37.3 Å². The van der Waals surface area contributed by atoms with Gasteiger partial charge in [0.15, 0.2) is 0 Å². The van der Waals surface area contributed by atoms with E-state index in [-0.39, 0.29) is 17.5 Å². The number of aliphatic hydroxyl groups is 1. The third kappa shape index (κ3) is 3.34. The first-order chi connectivity index (χ1) is 9.39. The molecule has 112 valence electrons. The van der Waals surface area contributed by atoms with Crippen LogP contribution in [0.3, 0.4) is 0 Å². The minimum atomic E-state index is -3.58. The second-order valence-electron chi connectivity index (χ2n) is 5.36. The highest BCUT2D eigenvalue weighted by atomic mass is 35.5. The molecule has 1 saturated carbocycles. The lowest BCUT2D eigenvalue weighted by Crippen LogP contribution is -2.28. The Hall–Kier alpha value is -0.620. The summed E-state index contributed by atoms with van der Waals surface area (Å²) in [6, 6.07) is 3.07. The van der Waals surface area contributed by atoms with Crippen molar-refractivity contribution < 1.29 is 13.5 Å². The van der Waals surface area contributed by atoms with Crippen LogP contribution in [0.4, 0.5) is 0 Å². The molecule has 1 aliphatic rings. The molecule has 0 radical (unpaired) electrons. The minimum Gasteiger partial charge on any atom is -0.392 e. The van der Waals surface area contributed by atoms with E-state index in [1.54, 1.807) is 13.0 Å². The van der Waals surface area contributed by atoms with E-state index < -0.39 is 10.0 Å². The van der Waals surface area contributed by atoms with Gasteiger partial charge in [-0.3, -0.25) is 0 Å². The smallest absolute Gasteiger partial charge is 0.241 e. The van der Waals surface area contributed by atoms with Gasteiger partial charge in [0.05, 0.1) is 11.5 Å². The van der Waals surface area contributed by atoms with Gasteiger partial charge < -0.3 is 5.11 Å². The van der Waals surface area contributed by atoms with E-state index in [1.165, 1.54) is 6.07 Å². The molecule has 1 aliphatic carbocycles. The molecule has 0 amide bonds. The predicted molar refractivity (Wildman–Crippen MR) is 79.2 cm³/mol. The number of hydrogen-bond acceptors (Lipinski definition) is 3. The fourth-order valence-electron chi connectivity index (χ4n) is 2.50. The molecular formula is C14H20ClNO3S. The second-order valence-corrected chi connectivity index (χ2v) is 7.48. The number of halogens is 1. The monoisotopic (exact) mass is 317 g/mol. The molecule has 0 spiro atoms. The molecule has 2 atom stereocenters. The van der Waals surface area contributed by atoms with Crippen LogP contribution in [0.2, 0.25) is 5.02 Å². The van der Waals surface area contributed by atoms with Gasteiger partial charge in [-0.15, -0.1) is 0 Å². The highest BCUT2D eigenvalue weighted by Gasteiger charge is 2.39. The van der Waals surface area contributed by atoms with Crippen molar-refractivity contribution in [1.82, 2.24) is 4.72 Å². The lowest BCUT2D eigenvalue weighted by atomic mass is 10.1. The summed E-state index contributed by atoms with van der Waals surface area (Å²) in [5.41, 5.74) is 1.09. The van der Waals surface area contributed by atoms with E-state index in [4.69, 9.17) is 11.6 Å². The summed E-state index contributed by atoms with van der Waals surface area (Å²) in [4.78, 5) is 0.163. The molecule has 4 nitrogen and oxygen atoms in total. The SMILES string of the molecule is CCCC1CC1NS(=O)(=O)c1cc(Cl)cc(CO)c1C. The number of sulfonamides is 1. The number of rotatable bonds is 6. The Bertz CT molecular complexity index is 601. The van der Waals surface area contributed by atoms with Crippen molar-refractivity contribution in [2.45, 2.75) is 50.7 Å². The Labute approximate surface area is 125 Å². The van der Waals surface area contributed by atoms with Crippen LogP contribution >= 0.6 is 11.6 Å². The van der Waals surface area contributed by atoms with Crippen LogP contribution in [0.15, 0.2) is 17.0 Å². The third-order valence-corrected chi connectivity index (χ3v) is 5.62. The van der Waals surface area contributed by atoms with Gasteiger partial charge in [0, 0.05) is 11.1 Å². The first kappa shape index (κ1) is 15.8. The third-order valence-electron chi connectivity index (χ3n) is 3.78. The lowest BCUT2D eigenvalue weighted by Gasteiger charge is -2.12. The Kier molecular flexibility index (Phi) is 4.74. The molecule has 2 N–H and O–H groups in total. The van der Waals surface area contributed by atoms with Crippen LogP contribution in [0.5, 0.6) is 0 Å². The molecule has 0 heterocycles. The van der Waals surface area contributed by atoms with Crippen molar-refractivity contribution in [1.29, 1.82) is 0 Å². The zero-order chi connectivity index (χ0) is 14.9. The van der Waals surface area contributed by atoms with Gasteiger partial charge in [-0.25, -0.2) is 13.1 Å². The van der Waals surface area contributed by atoms with E-state index in [1.807, 2.05) is 0 Å². The fraction of sp³-hybridized carbons (Fsp3) is 0.571. The number of nitrogens with one attached hydrogen (secondary N) is 1. The van der Waals surface area contributed by atoms with Crippen molar-refractivity contribution in [3.63, 3.8) is 0 Å². The standard InChI is InChI=1S/C14H20ClNO3S/c1-3-4-10-6-13(10)16-20(18,19)14-7-12(15)5-11(8-17)9(14)2/h5,7,10,13,16-17H,3-4,6,8H2,1-2H3. The van der Waals surface area contributed by atoms with Gasteiger partial charge in [0.1, 0.15) is 0 Å². The lowest BCUT2D eigenvalue weighted by molar-refractivity contribution is 0.280. The number of aliphatic hydroxyl groups excluding tert-OH is 1. The van der Waals surface area contributed by atoms with Gasteiger partial charge in [-0.1, -0.05) is 24.9 Å². The van der Waals surface area contributed by atoms with Crippen molar-refractivity contribution in [3.8, 4) is 0 Å². The van der Waals surface area contributed by atoms with Crippen LogP contribution in [-0.2, 0) is 16.6 Å². The van der Waals surface area contributed by atoms with Crippen molar-refractivity contribution in [2.75, 3.05) is 0 Å². The van der Waals surface area contributed by atoms with Gasteiger partial charge in [-0.05, 0) is 48.9 Å². The van der Waals surface area contributed by atoms with Crippen molar-refractivity contribution in [2.24, 2.45) is 5.92 Å². The molecule has 0 saturated heterocycles. The average Bonchev–Trinajstić information content (AvgIpc) is 3.09. The van der Waals surface area contributed by atoms with Gasteiger partial charge in [-0.2, -0.15) is 0 Å². The van der Waals surface area contributed by atoms with Gasteiger partial charge in [0.25, 0.3) is 0 Å². The molecule has 1 aromatic carbocycles. The van der Waals surface area contributed by atoms with Crippen molar-refractivity contribution in [3.05, 3.63) is 28.3 Å². The average molecular weight is 318 g/mol. The quantitative estimate of drug-likeness (QED) is 0.847. The predicted octanol–water partition coefficient (Wildman–Crippen LogP) is 2.61. The Balaban J connectivity index is 2.24.